The van der Waals surface area contributed by atoms with Gasteiger partial charge in [-0.2, -0.15) is 0 Å². The molecule has 0 saturated carbocycles. The van der Waals surface area contributed by atoms with E-state index >= 15 is 0 Å². The summed E-state index contributed by atoms with van der Waals surface area (Å²) >= 11 is 1.69. The number of fused-ring (bicyclic) bond motifs is 1. The maximum atomic E-state index is 6.07. The van der Waals surface area contributed by atoms with Gasteiger partial charge in [0.15, 0.2) is 5.96 Å². The van der Waals surface area contributed by atoms with Gasteiger partial charge in [0, 0.05) is 17.0 Å². The molecule has 0 fully saturated rings. The summed E-state index contributed by atoms with van der Waals surface area (Å²) in [6.07, 6.45) is 4.82. The molecule has 0 atom stereocenters. The summed E-state index contributed by atoms with van der Waals surface area (Å²) in [6.45, 7) is 4.83. The first kappa shape index (κ1) is 19.2. The van der Waals surface area contributed by atoms with Crippen LogP contribution in [0.4, 0.5) is 5.69 Å². The molecule has 6 heteroatoms. The summed E-state index contributed by atoms with van der Waals surface area (Å²) in [5.74, 6) is 0.923. The number of nitrogens with two attached hydrogens (primary N) is 1. The highest BCUT2D eigenvalue weighted by Crippen LogP contribution is 2.27. The van der Waals surface area contributed by atoms with Crippen LogP contribution < -0.4 is 11.1 Å². The van der Waals surface area contributed by atoms with E-state index in [1.54, 1.807) is 11.3 Å². The first-order valence-electron chi connectivity index (χ1n) is 8.25. The lowest BCUT2D eigenvalue weighted by Gasteiger charge is -2.19. The Morgan fingerprint density at radius 3 is 2.88 bits per heavy atom. The Bertz CT molecular complexity index is 709. The standard InChI is InChI=1S/C18H24N4S.HI/c1-12(2)17-21-14(11-23-17)10-20-18(19)22-16-9-5-7-13-6-3-4-8-15(13)16;/h5,7,9,11-12H,3-4,6,8,10H2,1-2H3,(H3,19,20,22);1H. The third-order valence-corrected chi connectivity index (χ3v) is 5.33. The largest absolute Gasteiger partial charge is 0.370 e. The van der Waals surface area contributed by atoms with E-state index in [9.17, 15) is 0 Å². The molecule has 1 aromatic heterocycles. The first-order valence-corrected chi connectivity index (χ1v) is 9.13. The third kappa shape index (κ3) is 4.69. The number of anilines is 1. The molecular formula is C18H25IN4S. The van der Waals surface area contributed by atoms with Crippen LogP contribution in [0.15, 0.2) is 28.6 Å². The van der Waals surface area contributed by atoms with Crippen LogP contribution in [-0.4, -0.2) is 10.9 Å². The molecule has 1 aliphatic carbocycles. The lowest BCUT2D eigenvalue weighted by atomic mass is 9.90. The maximum absolute atomic E-state index is 6.07. The second kappa shape index (κ2) is 8.80. The SMILES string of the molecule is CC(C)c1nc(CN=C(N)Nc2cccc3c2CCCC3)cs1.I. The van der Waals surface area contributed by atoms with Crippen molar-refractivity contribution in [1.82, 2.24) is 4.98 Å². The van der Waals surface area contributed by atoms with Gasteiger partial charge < -0.3 is 11.1 Å². The van der Waals surface area contributed by atoms with E-state index in [0.717, 1.165) is 22.8 Å². The van der Waals surface area contributed by atoms with E-state index in [0.29, 0.717) is 18.4 Å². The van der Waals surface area contributed by atoms with Crippen LogP contribution in [0.1, 0.15) is 54.4 Å². The number of nitrogens with one attached hydrogen (secondary N) is 1. The van der Waals surface area contributed by atoms with Crippen molar-refractivity contribution in [2.24, 2.45) is 10.7 Å². The molecule has 1 aliphatic rings. The summed E-state index contributed by atoms with van der Waals surface area (Å²) in [6, 6.07) is 6.40. The smallest absolute Gasteiger partial charge is 0.193 e. The van der Waals surface area contributed by atoms with E-state index < -0.39 is 0 Å². The fourth-order valence-electron chi connectivity index (χ4n) is 2.90. The molecule has 4 nitrogen and oxygen atoms in total. The normalized spacial score (nSPS) is 14.2. The van der Waals surface area contributed by atoms with Gasteiger partial charge >= 0.3 is 0 Å². The number of nitrogens with zero attached hydrogens (tertiary/aromatic N) is 2. The van der Waals surface area contributed by atoms with Crippen molar-refractivity contribution in [2.45, 2.75) is 52.0 Å². The zero-order valence-electron chi connectivity index (χ0n) is 14.2. The van der Waals surface area contributed by atoms with E-state index in [4.69, 9.17) is 5.73 Å². The molecule has 0 bridgehead atoms. The molecular weight excluding hydrogens is 431 g/mol. The molecule has 0 unspecified atom stereocenters. The van der Waals surface area contributed by atoms with Crippen molar-refractivity contribution in [3.05, 3.63) is 45.4 Å². The molecule has 1 heterocycles. The van der Waals surface area contributed by atoms with Crippen LogP contribution >= 0.6 is 35.3 Å². The molecule has 0 saturated heterocycles. The zero-order chi connectivity index (χ0) is 16.2. The van der Waals surface area contributed by atoms with Gasteiger partial charge in [0.1, 0.15) is 0 Å². The Balaban J connectivity index is 0.00000208. The van der Waals surface area contributed by atoms with Crippen LogP contribution in [0.2, 0.25) is 0 Å². The molecule has 0 radical (unpaired) electrons. The second-order valence-corrected chi connectivity index (χ2v) is 7.20. The van der Waals surface area contributed by atoms with Crippen molar-refractivity contribution in [3.63, 3.8) is 0 Å². The number of thiazole rings is 1. The minimum Gasteiger partial charge on any atom is -0.370 e. The Morgan fingerprint density at radius 2 is 2.12 bits per heavy atom. The summed E-state index contributed by atoms with van der Waals surface area (Å²) in [7, 11) is 0. The first-order chi connectivity index (χ1) is 11.1. The quantitative estimate of drug-likeness (QED) is 0.399. The van der Waals surface area contributed by atoms with Crippen LogP contribution in [0.5, 0.6) is 0 Å². The predicted octanol–water partition coefficient (Wildman–Crippen LogP) is 4.69. The zero-order valence-corrected chi connectivity index (χ0v) is 17.4. The average molecular weight is 456 g/mol. The number of hydrogen-bond donors (Lipinski definition) is 2. The second-order valence-electron chi connectivity index (χ2n) is 6.31. The fourth-order valence-corrected chi connectivity index (χ4v) is 3.73. The molecule has 24 heavy (non-hydrogen) atoms. The number of aliphatic imine (C=N–C) groups is 1. The number of guanidine groups is 1. The molecule has 0 amide bonds. The fraction of sp³-hybridized carbons (Fsp3) is 0.444. The van der Waals surface area contributed by atoms with Crippen molar-refractivity contribution in [3.8, 4) is 0 Å². The lowest BCUT2D eigenvalue weighted by Crippen LogP contribution is -2.24. The molecule has 0 aliphatic heterocycles. The summed E-state index contributed by atoms with van der Waals surface area (Å²) in [4.78, 5) is 9.03. The minimum absolute atomic E-state index is 0. The number of aromatic nitrogens is 1. The van der Waals surface area contributed by atoms with Crippen LogP contribution in [0.25, 0.3) is 0 Å². The molecule has 2 aromatic rings. The van der Waals surface area contributed by atoms with E-state index in [1.807, 2.05) is 0 Å². The van der Waals surface area contributed by atoms with Gasteiger partial charge in [0.25, 0.3) is 0 Å². The van der Waals surface area contributed by atoms with Crippen LogP contribution in [-0.2, 0) is 19.4 Å². The van der Waals surface area contributed by atoms with Gasteiger partial charge in [-0.1, -0.05) is 26.0 Å². The van der Waals surface area contributed by atoms with Crippen molar-refractivity contribution < 1.29 is 0 Å². The highest BCUT2D eigenvalue weighted by atomic mass is 127. The van der Waals surface area contributed by atoms with Crippen LogP contribution in [0.3, 0.4) is 0 Å². The van der Waals surface area contributed by atoms with Gasteiger partial charge in [-0.15, -0.1) is 35.3 Å². The van der Waals surface area contributed by atoms with Crippen LogP contribution in [0, 0.1) is 0 Å². The topological polar surface area (TPSA) is 63.3 Å². The third-order valence-electron chi connectivity index (χ3n) is 4.13. The molecule has 3 N–H and O–H groups in total. The minimum atomic E-state index is 0. The monoisotopic (exact) mass is 456 g/mol. The van der Waals surface area contributed by atoms with Gasteiger partial charge in [0.05, 0.1) is 17.2 Å². The average Bonchev–Trinajstić information content (AvgIpc) is 3.03. The van der Waals surface area contributed by atoms with Crippen molar-refractivity contribution in [1.29, 1.82) is 0 Å². The number of hydrogen-bond acceptors (Lipinski definition) is 3. The number of rotatable bonds is 4. The van der Waals surface area contributed by atoms with Crippen molar-refractivity contribution in [2.75, 3.05) is 5.32 Å². The Hall–Kier alpha value is -1.15. The van der Waals surface area contributed by atoms with Crippen molar-refractivity contribution >= 4 is 47.0 Å². The summed E-state index contributed by atoms with van der Waals surface area (Å²) in [5, 5.41) is 6.49. The van der Waals surface area contributed by atoms with Gasteiger partial charge in [-0.05, 0) is 42.9 Å². The maximum Gasteiger partial charge on any atom is 0.193 e. The number of aryl methyl sites for hydroxylation is 1. The number of halogens is 1. The van der Waals surface area contributed by atoms with Gasteiger partial charge in [-0.25, -0.2) is 9.98 Å². The Morgan fingerprint density at radius 1 is 1.33 bits per heavy atom. The molecule has 130 valence electrons. The van der Waals surface area contributed by atoms with E-state index in [2.05, 4.69) is 52.7 Å². The lowest BCUT2D eigenvalue weighted by molar-refractivity contribution is 0.687. The Labute approximate surface area is 165 Å². The molecule has 0 spiro atoms. The number of benzene rings is 1. The molecule has 1 aromatic carbocycles. The predicted molar refractivity (Wildman–Crippen MR) is 114 cm³/mol. The van der Waals surface area contributed by atoms with E-state index in [1.165, 1.54) is 30.4 Å². The summed E-state index contributed by atoms with van der Waals surface area (Å²) < 4.78 is 0. The Kier molecular flexibility index (Phi) is 7.03. The summed E-state index contributed by atoms with van der Waals surface area (Å²) in [5.41, 5.74) is 11.0. The highest BCUT2D eigenvalue weighted by Gasteiger charge is 2.13. The van der Waals surface area contributed by atoms with E-state index in [-0.39, 0.29) is 24.0 Å². The van der Waals surface area contributed by atoms with Gasteiger partial charge in [0.2, 0.25) is 0 Å². The van der Waals surface area contributed by atoms with Gasteiger partial charge in [-0.3, -0.25) is 0 Å². The highest BCUT2D eigenvalue weighted by molar-refractivity contribution is 14.0. The molecule has 3 rings (SSSR count).